The Labute approximate surface area is 182 Å². The van der Waals surface area contributed by atoms with Crippen molar-refractivity contribution in [2.45, 2.75) is 54.4 Å². The van der Waals surface area contributed by atoms with Crippen LogP contribution < -0.4 is 4.74 Å². The Hall–Kier alpha value is -2.83. The number of allylic oxidation sites excluding steroid dienone is 2. The summed E-state index contributed by atoms with van der Waals surface area (Å²) in [6, 6.07) is 5.13. The van der Waals surface area contributed by atoms with Gasteiger partial charge in [0.1, 0.15) is 5.71 Å². The maximum atomic E-state index is 16.2. The summed E-state index contributed by atoms with van der Waals surface area (Å²) in [5.74, 6) is 0.339. The van der Waals surface area contributed by atoms with Crippen molar-refractivity contribution in [2.24, 2.45) is 0 Å². The quantitative estimate of drug-likeness (QED) is 0.648. The summed E-state index contributed by atoms with van der Waals surface area (Å²) in [6.45, 7) is 7.36. The molecule has 0 unspecified atom stereocenters. The Bertz CT molecular complexity index is 1220. The second-order valence-corrected chi connectivity index (χ2v) is 8.37. The minimum Gasteiger partial charge on any atom is -0.504 e. The van der Waals surface area contributed by atoms with Crippen LogP contribution in [-0.2, 0) is 6.42 Å². The number of hydrogen-bond donors (Lipinski definition) is 1. The zero-order chi connectivity index (χ0) is 22.8. The van der Waals surface area contributed by atoms with Crippen molar-refractivity contribution >= 4 is 18.3 Å². The molecule has 4 rings (SSSR count). The third kappa shape index (κ3) is 2.68. The highest BCUT2D eigenvalue weighted by Gasteiger charge is 2.56. The number of rotatable bonds is 4. The van der Waals surface area contributed by atoms with Crippen molar-refractivity contribution in [1.29, 1.82) is 0 Å². The molecule has 0 aliphatic carbocycles. The van der Waals surface area contributed by atoms with Crippen LogP contribution in [0.1, 0.15) is 62.2 Å². The third-order valence-corrected chi connectivity index (χ3v) is 6.96. The molecule has 1 aromatic carbocycles. The van der Waals surface area contributed by atoms with E-state index in [1.807, 2.05) is 33.8 Å². The molecule has 0 spiro atoms. The van der Waals surface area contributed by atoms with E-state index in [0.29, 0.717) is 47.0 Å². The molecule has 0 fully saturated rings. The minimum absolute atomic E-state index is 0.0123. The Balaban J connectivity index is 2.20. The lowest BCUT2D eigenvalue weighted by Crippen LogP contribution is -2.51. The molecule has 7 heteroatoms. The minimum atomic E-state index is -4.05. The molecule has 0 radical (unpaired) electrons. The molecular formula is C24H29BF2N2O2. The van der Waals surface area contributed by atoms with Crippen LogP contribution in [0.25, 0.3) is 5.57 Å². The van der Waals surface area contributed by atoms with Gasteiger partial charge < -0.3 is 27.4 Å². The van der Waals surface area contributed by atoms with Gasteiger partial charge in [-0.2, -0.15) is 0 Å². The highest BCUT2D eigenvalue weighted by Crippen LogP contribution is 2.47. The molecule has 164 valence electrons. The average molecular weight is 426 g/mol. The second-order valence-electron chi connectivity index (χ2n) is 8.37. The number of phenols is 1. The summed E-state index contributed by atoms with van der Waals surface area (Å²) < 4.78 is 40.0. The third-order valence-electron chi connectivity index (χ3n) is 6.96. The van der Waals surface area contributed by atoms with Crippen LogP contribution in [-0.4, -0.2) is 33.9 Å². The van der Waals surface area contributed by atoms with Crippen molar-refractivity contribution in [3.05, 3.63) is 63.1 Å². The Morgan fingerprint density at radius 1 is 1.10 bits per heavy atom. The standard InChI is InChI=1S/C24H29BF2N2O2/c1-8-18-13(3)23-22(17-10-11-21(31-7)20(30)12-17)24-14(4)19(9-2)16(6)29(24)25(26,27)28(23)15(18)5/h10-12,30H,8-9H2,1-7H3. The Kier molecular flexibility index (Phi) is 4.91. The van der Waals surface area contributed by atoms with Gasteiger partial charge in [0.25, 0.3) is 0 Å². The van der Waals surface area contributed by atoms with Crippen molar-refractivity contribution < 1.29 is 23.0 Å². The first kappa shape index (κ1) is 21.4. The van der Waals surface area contributed by atoms with Crippen LogP contribution in [0.3, 0.4) is 0 Å². The SMILES string of the molecule is CCC1=C(C)C2=C(c3ccc(OC)c(O)c3)c3c(C)c(CC)c(C)n3[B-](F)(F)[N+]2=C1C. The predicted molar refractivity (Wildman–Crippen MR) is 121 cm³/mol. The van der Waals surface area contributed by atoms with Gasteiger partial charge in [-0.3, -0.25) is 0 Å². The summed E-state index contributed by atoms with van der Waals surface area (Å²) >= 11 is 0. The summed E-state index contributed by atoms with van der Waals surface area (Å²) in [6.07, 6.45) is 1.36. The fourth-order valence-electron chi connectivity index (χ4n) is 5.60. The summed E-state index contributed by atoms with van der Waals surface area (Å²) in [5.41, 5.74) is 7.34. The highest BCUT2D eigenvalue weighted by atomic mass is 19.2. The topological polar surface area (TPSA) is 37.4 Å². The number of nitrogens with zero attached hydrogens (tertiary/aromatic N) is 2. The largest absolute Gasteiger partial charge is 0.737 e. The van der Waals surface area contributed by atoms with Gasteiger partial charge in [0.15, 0.2) is 17.2 Å². The van der Waals surface area contributed by atoms with E-state index in [9.17, 15) is 5.11 Å². The maximum Gasteiger partial charge on any atom is 0.737 e. The van der Waals surface area contributed by atoms with E-state index in [4.69, 9.17) is 4.74 Å². The molecule has 1 N–H and O–H groups in total. The molecule has 31 heavy (non-hydrogen) atoms. The van der Waals surface area contributed by atoms with E-state index in [1.165, 1.54) is 16.1 Å². The molecule has 2 aliphatic rings. The molecular weight excluding hydrogens is 397 g/mol. The molecule has 0 atom stereocenters. The van der Waals surface area contributed by atoms with Gasteiger partial charge in [-0.05, 0) is 68.1 Å². The predicted octanol–water partition coefficient (Wildman–Crippen LogP) is 5.59. The molecule has 0 amide bonds. The summed E-state index contributed by atoms with van der Waals surface area (Å²) in [5, 5.41) is 10.5. The highest BCUT2D eigenvalue weighted by molar-refractivity contribution is 6.58. The van der Waals surface area contributed by atoms with Crippen LogP contribution in [0.5, 0.6) is 11.5 Å². The van der Waals surface area contributed by atoms with E-state index >= 15 is 8.63 Å². The van der Waals surface area contributed by atoms with Crippen LogP contribution in [0, 0.1) is 13.8 Å². The number of aromatic hydroxyl groups is 1. The first-order chi connectivity index (χ1) is 14.6. The first-order valence-corrected chi connectivity index (χ1v) is 10.8. The number of aromatic nitrogens is 1. The van der Waals surface area contributed by atoms with Gasteiger partial charge in [-0.25, -0.2) is 0 Å². The molecule has 4 nitrogen and oxygen atoms in total. The van der Waals surface area contributed by atoms with E-state index < -0.39 is 6.97 Å². The molecule has 1 aromatic heterocycles. The van der Waals surface area contributed by atoms with Crippen molar-refractivity contribution in [2.75, 3.05) is 7.11 Å². The molecule has 0 bridgehead atoms. The number of phenolic OH excluding ortho intramolecular Hbond substituents is 1. The lowest BCUT2D eigenvalue weighted by atomic mass is 9.83. The smallest absolute Gasteiger partial charge is 0.504 e. The average Bonchev–Trinajstić information content (AvgIpc) is 3.13. The van der Waals surface area contributed by atoms with Crippen LogP contribution in [0.4, 0.5) is 8.63 Å². The summed E-state index contributed by atoms with van der Waals surface area (Å²) in [4.78, 5) is 0. The zero-order valence-electron chi connectivity index (χ0n) is 19.2. The van der Waals surface area contributed by atoms with E-state index in [1.54, 1.807) is 26.0 Å². The van der Waals surface area contributed by atoms with Crippen LogP contribution in [0.15, 0.2) is 35.0 Å². The maximum absolute atomic E-state index is 16.2. The normalized spacial score (nSPS) is 17.5. The molecule has 2 aliphatic heterocycles. The van der Waals surface area contributed by atoms with E-state index in [0.717, 1.165) is 27.8 Å². The van der Waals surface area contributed by atoms with Crippen LogP contribution in [0.2, 0.25) is 0 Å². The summed E-state index contributed by atoms with van der Waals surface area (Å²) in [7, 11) is 1.49. The first-order valence-electron chi connectivity index (χ1n) is 10.8. The lowest BCUT2D eigenvalue weighted by molar-refractivity contribution is -0.363. The van der Waals surface area contributed by atoms with Gasteiger partial charge in [-0.1, -0.05) is 19.9 Å². The molecule has 3 heterocycles. The van der Waals surface area contributed by atoms with Gasteiger partial charge in [-0.15, -0.1) is 0 Å². The lowest BCUT2D eigenvalue weighted by Gasteiger charge is -2.34. The van der Waals surface area contributed by atoms with Crippen molar-refractivity contribution in [3.63, 3.8) is 0 Å². The van der Waals surface area contributed by atoms with Gasteiger partial charge in [0.2, 0.25) is 0 Å². The van der Waals surface area contributed by atoms with Crippen molar-refractivity contribution in [3.8, 4) is 11.5 Å². The monoisotopic (exact) mass is 426 g/mol. The number of fused-ring (bicyclic) bond motifs is 2. The van der Waals surface area contributed by atoms with Crippen LogP contribution >= 0.6 is 0 Å². The molecule has 0 saturated heterocycles. The number of benzene rings is 1. The number of ether oxygens (including phenoxy) is 1. The zero-order valence-corrected chi connectivity index (χ0v) is 19.2. The number of methoxy groups -OCH3 is 1. The van der Waals surface area contributed by atoms with E-state index in [-0.39, 0.29) is 5.75 Å². The number of halogens is 2. The molecule has 2 aromatic rings. The Morgan fingerprint density at radius 3 is 2.32 bits per heavy atom. The van der Waals surface area contributed by atoms with Gasteiger partial charge in [0, 0.05) is 23.8 Å². The fraction of sp³-hybridized carbons (Fsp3) is 0.375. The van der Waals surface area contributed by atoms with Gasteiger partial charge in [0.05, 0.1) is 12.7 Å². The second kappa shape index (κ2) is 7.11. The fourth-order valence-corrected chi connectivity index (χ4v) is 5.60. The number of hydrogen-bond acceptors (Lipinski definition) is 2. The Morgan fingerprint density at radius 2 is 1.77 bits per heavy atom. The van der Waals surface area contributed by atoms with E-state index in [2.05, 4.69) is 0 Å². The van der Waals surface area contributed by atoms with Gasteiger partial charge >= 0.3 is 6.97 Å². The van der Waals surface area contributed by atoms with Crippen molar-refractivity contribution in [1.82, 2.24) is 4.48 Å². The molecule has 0 saturated carbocycles.